The quantitative estimate of drug-likeness (QED) is 0.671. The van der Waals surface area contributed by atoms with Crippen LogP contribution in [0.1, 0.15) is 49.8 Å². The van der Waals surface area contributed by atoms with E-state index in [0.717, 1.165) is 29.5 Å². The minimum Gasteiger partial charge on any atom is -0.343 e. The first-order valence-corrected chi connectivity index (χ1v) is 10.8. The summed E-state index contributed by atoms with van der Waals surface area (Å²) in [5.41, 5.74) is 3.61. The van der Waals surface area contributed by atoms with Crippen LogP contribution in [0.4, 0.5) is 5.69 Å². The average Bonchev–Trinajstić information content (AvgIpc) is 2.47. The van der Waals surface area contributed by atoms with Crippen LogP contribution >= 0.6 is 0 Å². The number of anilines is 1. The van der Waals surface area contributed by atoms with Gasteiger partial charge in [0.15, 0.2) is 0 Å². The van der Waals surface area contributed by atoms with Crippen molar-refractivity contribution in [2.24, 2.45) is 0 Å². The minimum atomic E-state index is -3.46. The van der Waals surface area contributed by atoms with Crippen LogP contribution in [0.15, 0.2) is 12.1 Å². The molecule has 0 radical (unpaired) electrons. The molecule has 1 amide bonds. The zero-order chi connectivity index (χ0) is 19.2. The number of carbonyl (C=O) groups excluding carboxylic acids is 1. The molecule has 1 rings (SSSR count). The molecule has 0 bridgehead atoms. The van der Waals surface area contributed by atoms with E-state index in [2.05, 4.69) is 0 Å². The monoisotopic (exact) mass is 368 g/mol. The third-order valence-electron chi connectivity index (χ3n) is 4.15. The highest BCUT2D eigenvalue weighted by molar-refractivity contribution is 7.92. The summed E-state index contributed by atoms with van der Waals surface area (Å²) < 4.78 is 26.1. The number of aryl methyl sites for hydroxylation is 3. The average molecular weight is 369 g/mol. The van der Waals surface area contributed by atoms with Crippen molar-refractivity contribution >= 4 is 21.6 Å². The third-order valence-corrected chi connectivity index (χ3v) is 5.32. The molecule has 6 heteroatoms. The summed E-state index contributed by atoms with van der Waals surface area (Å²) in [6, 6.07) is 3.95. The Balaban J connectivity index is 3.06. The summed E-state index contributed by atoms with van der Waals surface area (Å²) in [5.74, 6) is 0.0137. The van der Waals surface area contributed by atoms with Crippen LogP contribution < -0.4 is 4.31 Å². The van der Waals surface area contributed by atoms with Crippen molar-refractivity contribution in [1.29, 1.82) is 0 Å². The number of nitrogens with zero attached hydrogens (tertiary/aromatic N) is 2. The third kappa shape index (κ3) is 6.03. The van der Waals surface area contributed by atoms with Gasteiger partial charge in [-0.15, -0.1) is 0 Å². The van der Waals surface area contributed by atoms with E-state index in [1.807, 2.05) is 51.7 Å². The first-order valence-electron chi connectivity index (χ1n) is 8.95. The number of benzene rings is 1. The molecule has 0 aliphatic carbocycles. The number of carbonyl (C=O) groups is 1. The van der Waals surface area contributed by atoms with Gasteiger partial charge in [0.25, 0.3) is 0 Å². The lowest BCUT2D eigenvalue weighted by molar-refractivity contribution is -0.131. The molecule has 5 nitrogen and oxygen atoms in total. The van der Waals surface area contributed by atoms with Crippen molar-refractivity contribution in [3.63, 3.8) is 0 Å². The molecule has 0 heterocycles. The van der Waals surface area contributed by atoms with Crippen LogP contribution in [0.25, 0.3) is 0 Å². The second-order valence-electron chi connectivity index (χ2n) is 6.71. The molecule has 25 heavy (non-hydrogen) atoms. The van der Waals surface area contributed by atoms with Crippen molar-refractivity contribution in [3.8, 4) is 0 Å². The molecule has 0 N–H and O–H groups in total. The van der Waals surface area contributed by atoms with E-state index in [1.54, 1.807) is 0 Å². The Morgan fingerprint density at radius 1 is 0.960 bits per heavy atom. The Kier molecular flexibility index (Phi) is 7.93. The van der Waals surface area contributed by atoms with Crippen LogP contribution in [0.2, 0.25) is 0 Å². The van der Waals surface area contributed by atoms with Crippen LogP contribution in [0.3, 0.4) is 0 Å². The van der Waals surface area contributed by atoms with Gasteiger partial charge in [-0.3, -0.25) is 9.10 Å². The van der Waals surface area contributed by atoms with E-state index in [1.165, 1.54) is 10.6 Å². The largest absolute Gasteiger partial charge is 0.343 e. The summed E-state index contributed by atoms with van der Waals surface area (Å²) in [7, 11) is -3.46. The number of hydrogen-bond donors (Lipinski definition) is 0. The fourth-order valence-corrected chi connectivity index (χ4v) is 4.31. The predicted octanol–water partition coefficient (Wildman–Crippen LogP) is 3.42. The van der Waals surface area contributed by atoms with E-state index < -0.39 is 10.0 Å². The SMILES string of the molecule is CCCN(CCC)C(=O)CCN(c1c(C)cc(C)cc1C)S(C)(=O)=O. The minimum absolute atomic E-state index is 0.0137. The highest BCUT2D eigenvalue weighted by atomic mass is 32.2. The topological polar surface area (TPSA) is 57.7 Å². The molecular weight excluding hydrogens is 336 g/mol. The molecule has 0 aliphatic heterocycles. The van der Waals surface area contributed by atoms with Crippen LogP contribution in [-0.2, 0) is 14.8 Å². The van der Waals surface area contributed by atoms with Gasteiger partial charge in [0.05, 0.1) is 11.9 Å². The Hall–Kier alpha value is -1.56. The second kappa shape index (κ2) is 9.22. The highest BCUT2D eigenvalue weighted by Crippen LogP contribution is 2.28. The second-order valence-corrected chi connectivity index (χ2v) is 8.62. The van der Waals surface area contributed by atoms with Gasteiger partial charge < -0.3 is 4.90 Å². The molecular formula is C19H32N2O3S. The van der Waals surface area contributed by atoms with Gasteiger partial charge in [0.2, 0.25) is 15.9 Å². The highest BCUT2D eigenvalue weighted by Gasteiger charge is 2.23. The molecule has 0 saturated heterocycles. The molecule has 0 saturated carbocycles. The van der Waals surface area contributed by atoms with Crippen molar-refractivity contribution in [2.45, 2.75) is 53.9 Å². The van der Waals surface area contributed by atoms with E-state index in [-0.39, 0.29) is 18.9 Å². The lowest BCUT2D eigenvalue weighted by atomic mass is 10.0. The maximum atomic E-state index is 12.5. The van der Waals surface area contributed by atoms with E-state index in [4.69, 9.17) is 0 Å². The van der Waals surface area contributed by atoms with E-state index in [0.29, 0.717) is 18.8 Å². The van der Waals surface area contributed by atoms with Crippen LogP contribution in [0.5, 0.6) is 0 Å². The van der Waals surface area contributed by atoms with Crippen molar-refractivity contribution in [1.82, 2.24) is 4.90 Å². The predicted molar refractivity (Wildman–Crippen MR) is 105 cm³/mol. The number of amides is 1. The van der Waals surface area contributed by atoms with Gasteiger partial charge in [0, 0.05) is 26.1 Å². The van der Waals surface area contributed by atoms with Gasteiger partial charge in [-0.25, -0.2) is 8.42 Å². The molecule has 142 valence electrons. The molecule has 0 unspecified atom stereocenters. The maximum Gasteiger partial charge on any atom is 0.232 e. The first kappa shape index (κ1) is 21.5. The Morgan fingerprint density at radius 2 is 1.44 bits per heavy atom. The van der Waals surface area contributed by atoms with Gasteiger partial charge in [-0.05, 0) is 44.7 Å². The number of sulfonamides is 1. The lowest BCUT2D eigenvalue weighted by Crippen LogP contribution is -2.38. The summed E-state index contributed by atoms with van der Waals surface area (Å²) in [4.78, 5) is 14.3. The van der Waals surface area contributed by atoms with Crippen molar-refractivity contribution in [3.05, 3.63) is 28.8 Å². The van der Waals surface area contributed by atoms with Gasteiger partial charge in [-0.1, -0.05) is 31.5 Å². The summed E-state index contributed by atoms with van der Waals surface area (Å²) >= 11 is 0. The number of hydrogen-bond acceptors (Lipinski definition) is 3. The molecule has 0 aliphatic rings. The molecule has 0 spiro atoms. The standard InChI is InChI=1S/C19H32N2O3S/c1-7-10-20(11-8-2)18(22)9-12-21(25(6,23)24)19-16(4)13-15(3)14-17(19)5/h13-14H,7-12H2,1-6H3. The van der Waals surface area contributed by atoms with E-state index >= 15 is 0 Å². The zero-order valence-corrected chi connectivity index (χ0v) is 17.2. The Morgan fingerprint density at radius 3 is 1.84 bits per heavy atom. The lowest BCUT2D eigenvalue weighted by Gasteiger charge is -2.28. The van der Waals surface area contributed by atoms with Crippen LogP contribution in [-0.4, -0.2) is 45.1 Å². The fourth-order valence-electron chi connectivity index (χ4n) is 3.27. The summed E-state index contributed by atoms with van der Waals surface area (Å²) in [6.07, 6.45) is 3.20. The maximum absolute atomic E-state index is 12.5. The molecule has 0 fully saturated rings. The van der Waals surface area contributed by atoms with Gasteiger partial charge in [-0.2, -0.15) is 0 Å². The number of rotatable bonds is 9. The van der Waals surface area contributed by atoms with E-state index in [9.17, 15) is 13.2 Å². The van der Waals surface area contributed by atoms with Crippen LogP contribution in [0, 0.1) is 20.8 Å². The smallest absolute Gasteiger partial charge is 0.232 e. The fraction of sp³-hybridized carbons (Fsp3) is 0.632. The summed E-state index contributed by atoms with van der Waals surface area (Å²) in [6.45, 7) is 11.5. The normalized spacial score (nSPS) is 11.4. The van der Waals surface area contributed by atoms with Crippen molar-refractivity contribution < 1.29 is 13.2 Å². The zero-order valence-electron chi connectivity index (χ0n) is 16.4. The molecule has 1 aromatic rings. The Bertz CT molecular complexity index is 670. The summed E-state index contributed by atoms with van der Waals surface area (Å²) in [5, 5.41) is 0. The first-order chi connectivity index (χ1) is 11.6. The molecule has 1 aromatic carbocycles. The molecule has 0 atom stereocenters. The van der Waals surface area contributed by atoms with Gasteiger partial charge >= 0.3 is 0 Å². The van der Waals surface area contributed by atoms with Gasteiger partial charge in [0.1, 0.15) is 0 Å². The Labute approximate surface area is 153 Å². The molecule has 0 aromatic heterocycles. The van der Waals surface area contributed by atoms with Crippen molar-refractivity contribution in [2.75, 3.05) is 30.2 Å².